The zero-order chi connectivity index (χ0) is 16.3. The summed E-state index contributed by atoms with van der Waals surface area (Å²) >= 11 is 1.60. The third-order valence-electron chi connectivity index (χ3n) is 3.43. The van der Waals surface area contributed by atoms with Crippen LogP contribution in [0.1, 0.15) is 50.3 Å². The first kappa shape index (κ1) is 16.4. The standard InChI is InChI=1S/C16H20N2O3S/c1-9-7-13(12(4)22-9)14(19)5-6-15(20)17-8-16-18-10(2)11(3)21-16/h7H,5-6,8H2,1-4H3,(H,17,20). The van der Waals surface area contributed by atoms with E-state index in [1.54, 1.807) is 11.3 Å². The number of oxazole rings is 1. The molecule has 2 aromatic rings. The number of nitrogens with zero attached hydrogens (tertiary/aromatic N) is 1. The van der Waals surface area contributed by atoms with E-state index in [2.05, 4.69) is 10.3 Å². The highest BCUT2D eigenvalue weighted by atomic mass is 32.1. The minimum absolute atomic E-state index is 0.0137. The molecule has 0 spiro atoms. The molecule has 2 aromatic heterocycles. The predicted molar refractivity (Wildman–Crippen MR) is 85.2 cm³/mol. The van der Waals surface area contributed by atoms with Crippen molar-refractivity contribution < 1.29 is 14.0 Å². The van der Waals surface area contributed by atoms with E-state index in [4.69, 9.17) is 4.42 Å². The fraction of sp³-hybridized carbons (Fsp3) is 0.438. The number of aromatic nitrogens is 1. The SMILES string of the molecule is Cc1cc(C(=O)CCC(=O)NCc2nc(C)c(C)o2)c(C)s1. The summed E-state index contributed by atoms with van der Waals surface area (Å²) in [6.45, 7) is 7.84. The first-order valence-electron chi connectivity index (χ1n) is 7.16. The normalized spacial score (nSPS) is 10.7. The monoisotopic (exact) mass is 320 g/mol. The number of nitrogens with one attached hydrogen (secondary N) is 1. The Labute approximate surface area is 133 Å². The molecule has 2 heterocycles. The van der Waals surface area contributed by atoms with Crippen LogP contribution in [0.2, 0.25) is 0 Å². The molecule has 22 heavy (non-hydrogen) atoms. The molecule has 0 saturated carbocycles. The van der Waals surface area contributed by atoms with Gasteiger partial charge in [0.05, 0.1) is 12.2 Å². The Morgan fingerprint density at radius 2 is 1.95 bits per heavy atom. The molecule has 1 amide bonds. The summed E-state index contributed by atoms with van der Waals surface area (Å²) < 4.78 is 5.39. The second-order valence-electron chi connectivity index (χ2n) is 5.28. The third-order valence-corrected chi connectivity index (χ3v) is 4.40. The van der Waals surface area contributed by atoms with Crippen LogP contribution in [0.5, 0.6) is 0 Å². The second kappa shape index (κ2) is 6.87. The van der Waals surface area contributed by atoms with E-state index in [-0.39, 0.29) is 31.1 Å². The van der Waals surface area contributed by atoms with Crippen LogP contribution < -0.4 is 5.32 Å². The van der Waals surface area contributed by atoms with E-state index >= 15 is 0 Å². The Morgan fingerprint density at radius 1 is 1.23 bits per heavy atom. The number of carbonyl (C=O) groups is 2. The fourth-order valence-corrected chi connectivity index (χ4v) is 3.09. The average Bonchev–Trinajstić information content (AvgIpc) is 2.96. The molecule has 0 fully saturated rings. The van der Waals surface area contributed by atoms with Gasteiger partial charge in [-0.3, -0.25) is 9.59 Å². The Kier molecular flexibility index (Phi) is 5.13. The van der Waals surface area contributed by atoms with Gasteiger partial charge in [0.1, 0.15) is 5.76 Å². The van der Waals surface area contributed by atoms with E-state index in [1.807, 2.05) is 33.8 Å². The third kappa shape index (κ3) is 4.04. The topological polar surface area (TPSA) is 72.2 Å². The van der Waals surface area contributed by atoms with Gasteiger partial charge in [-0.05, 0) is 33.8 Å². The van der Waals surface area contributed by atoms with Crippen molar-refractivity contribution in [2.45, 2.75) is 47.1 Å². The highest BCUT2D eigenvalue weighted by Crippen LogP contribution is 2.22. The first-order valence-corrected chi connectivity index (χ1v) is 7.98. The number of hydrogen-bond donors (Lipinski definition) is 1. The summed E-state index contributed by atoms with van der Waals surface area (Å²) in [5, 5.41) is 2.72. The van der Waals surface area contributed by atoms with E-state index in [9.17, 15) is 9.59 Å². The van der Waals surface area contributed by atoms with Gasteiger partial charge in [-0.15, -0.1) is 11.3 Å². The number of carbonyl (C=O) groups excluding carboxylic acids is 2. The van der Waals surface area contributed by atoms with Crippen LogP contribution in [-0.2, 0) is 11.3 Å². The van der Waals surface area contributed by atoms with Gasteiger partial charge in [0.2, 0.25) is 11.8 Å². The van der Waals surface area contributed by atoms with Gasteiger partial charge in [0.15, 0.2) is 5.78 Å². The van der Waals surface area contributed by atoms with E-state index < -0.39 is 0 Å². The Morgan fingerprint density at radius 3 is 2.50 bits per heavy atom. The number of ketones is 1. The van der Waals surface area contributed by atoms with Gasteiger partial charge in [-0.1, -0.05) is 0 Å². The van der Waals surface area contributed by atoms with Crippen molar-refractivity contribution in [1.82, 2.24) is 10.3 Å². The largest absolute Gasteiger partial charge is 0.444 e. The van der Waals surface area contributed by atoms with Gasteiger partial charge < -0.3 is 9.73 Å². The molecule has 0 unspecified atom stereocenters. The molecule has 0 aliphatic carbocycles. The lowest BCUT2D eigenvalue weighted by Crippen LogP contribution is -2.23. The quantitative estimate of drug-likeness (QED) is 0.829. The number of amides is 1. The molecule has 0 bridgehead atoms. The molecule has 1 N–H and O–H groups in total. The van der Waals surface area contributed by atoms with Crippen molar-refractivity contribution in [2.24, 2.45) is 0 Å². The Balaban J connectivity index is 1.80. The zero-order valence-corrected chi connectivity index (χ0v) is 14.1. The van der Waals surface area contributed by atoms with Crippen LogP contribution in [0.25, 0.3) is 0 Å². The molecule has 2 rings (SSSR count). The Hall–Kier alpha value is -1.95. The molecule has 0 radical (unpaired) electrons. The number of thiophene rings is 1. The van der Waals surface area contributed by atoms with Crippen molar-refractivity contribution in [3.63, 3.8) is 0 Å². The molecule has 0 aliphatic heterocycles. The van der Waals surface area contributed by atoms with Crippen LogP contribution in [0.3, 0.4) is 0 Å². The summed E-state index contributed by atoms with van der Waals surface area (Å²) in [4.78, 5) is 30.2. The molecule has 0 atom stereocenters. The summed E-state index contributed by atoms with van der Waals surface area (Å²) in [6, 6.07) is 1.89. The minimum Gasteiger partial charge on any atom is -0.444 e. The molecule has 6 heteroatoms. The van der Waals surface area contributed by atoms with E-state index in [0.717, 1.165) is 26.8 Å². The number of aryl methyl sites for hydroxylation is 4. The van der Waals surface area contributed by atoms with Crippen molar-refractivity contribution in [2.75, 3.05) is 0 Å². The van der Waals surface area contributed by atoms with E-state index in [1.165, 1.54) is 0 Å². The van der Waals surface area contributed by atoms with Gasteiger partial charge >= 0.3 is 0 Å². The molecular formula is C16H20N2O3S. The summed E-state index contributed by atoms with van der Waals surface area (Å²) in [5.74, 6) is 1.08. The maximum atomic E-state index is 12.1. The van der Waals surface area contributed by atoms with Gasteiger partial charge in [0.25, 0.3) is 0 Å². The van der Waals surface area contributed by atoms with Gasteiger partial charge in [-0.25, -0.2) is 4.98 Å². The van der Waals surface area contributed by atoms with Crippen LogP contribution in [-0.4, -0.2) is 16.7 Å². The summed E-state index contributed by atoms with van der Waals surface area (Å²) in [7, 11) is 0. The fourth-order valence-electron chi connectivity index (χ4n) is 2.15. The number of rotatable bonds is 6. The van der Waals surface area contributed by atoms with Crippen LogP contribution in [0.4, 0.5) is 0 Å². The van der Waals surface area contributed by atoms with Crippen molar-refractivity contribution >= 4 is 23.0 Å². The zero-order valence-electron chi connectivity index (χ0n) is 13.3. The van der Waals surface area contributed by atoms with Crippen LogP contribution in [0, 0.1) is 27.7 Å². The average molecular weight is 320 g/mol. The molecular weight excluding hydrogens is 300 g/mol. The van der Waals surface area contributed by atoms with Gasteiger partial charge in [0, 0.05) is 28.2 Å². The lowest BCUT2D eigenvalue weighted by atomic mass is 10.1. The van der Waals surface area contributed by atoms with E-state index in [0.29, 0.717) is 5.89 Å². The molecule has 0 aliphatic rings. The van der Waals surface area contributed by atoms with Gasteiger partial charge in [-0.2, -0.15) is 0 Å². The highest BCUT2D eigenvalue weighted by molar-refractivity contribution is 7.12. The molecule has 118 valence electrons. The van der Waals surface area contributed by atoms with Crippen molar-refractivity contribution in [3.05, 3.63) is 38.7 Å². The predicted octanol–water partition coefficient (Wildman–Crippen LogP) is 3.25. The lowest BCUT2D eigenvalue weighted by Gasteiger charge is -2.02. The van der Waals surface area contributed by atoms with Crippen molar-refractivity contribution in [3.8, 4) is 0 Å². The summed E-state index contributed by atoms with van der Waals surface area (Å²) in [5.41, 5.74) is 1.55. The maximum absolute atomic E-state index is 12.1. The smallest absolute Gasteiger partial charge is 0.220 e. The first-order chi connectivity index (χ1) is 10.4. The van der Waals surface area contributed by atoms with Crippen LogP contribution >= 0.6 is 11.3 Å². The maximum Gasteiger partial charge on any atom is 0.220 e. The minimum atomic E-state index is -0.175. The van der Waals surface area contributed by atoms with Crippen LogP contribution in [0.15, 0.2) is 10.5 Å². The lowest BCUT2D eigenvalue weighted by molar-refractivity contribution is -0.121. The molecule has 0 saturated heterocycles. The Bertz CT molecular complexity index is 681. The molecule has 0 aromatic carbocycles. The van der Waals surface area contributed by atoms with Crippen molar-refractivity contribution in [1.29, 1.82) is 0 Å². The second-order valence-corrected chi connectivity index (χ2v) is 6.74. The molecule has 5 nitrogen and oxygen atoms in total. The highest BCUT2D eigenvalue weighted by Gasteiger charge is 2.14. The summed E-state index contributed by atoms with van der Waals surface area (Å²) in [6.07, 6.45) is 0.387. The number of Topliss-reactive ketones (excluding diaryl/α,β-unsaturated/α-hetero) is 1. The number of hydrogen-bond acceptors (Lipinski definition) is 5.